The third kappa shape index (κ3) is 4.51. The van der Waals surface area contributed by atoms with E-state index >= 15 is 0 Å². The monoisotopic (exact) mass is 432 g/mol. The minimum atomic E-state index is -0.469. The van der Waals surface area contributed by atoms with E-state index in [4.69, 9.17) is 9.47 Å². The summed E-state index contributed by atoms with van der Waals surface area (Å²) in [4.78, 5) is 12.2. The molecule has 0 atom stereocenters. The Labute approximate surface area is 187 Å². The normalized spacial score (nSPS) is 11.7. The van der Waals surface area contributed by atoms with Gasteiger partial charge in [0.1, 0.15) is 5.75 Å². The molecule has 4 aromatic rings. The third-order valence-electron chi connectivity index (χ3n) is 5.14. The number of aryl methyl sites for hydroxylation is 1. The largest absolute Gasteiger partial charge is 0.493 e. The molecule has 7 nitrogen and oxygen atoms in total. The maximum Gasteiger partial charge on any atom is 0.358 e. The lowest BCUT2D eigenvalue weighted by Gasteiger charge is -2.19. The molecule has 0 saturated carbocycles. The fourth-order valence-corrected chi connectivity index (χ4v) is 3.62. The Kier molecular flexibility index (Phi) is 5.74. The van der Waals surface area contributed by atoms with Crippen LogP contribution in [0.2, 0.25) is 0 Å². The summed E-state index contributed by atoms with van der Waals surface area (Å²) in [6, 6.07) is 15.7. The zero-order chi connectivity index (χ0) is 22.9. The van der Waals surface area contributed by atoms with Crippen LogP contribution in [0.25, 0.3) is 22.2 Å². The molecule has 0 aliphatic rings. The minimum Gasteiger partial charge on any atom is -0.493 e. The van der Waals surface area contributed by atoms with Gasteiger partial charge in [-0.15, -0.1) is 0 Å². The summed E-state index contributed by atoms with van der Waals surface area (Å²) in [5.74, 6) is 0.308. The van der Waals surface area contributed by atoms with Crippen molar-refractivity contribution in [3.8, 4) is 17.0 Å². The highest BCUT2D eigenvalue weighted by Gasteiger charge is 2.18. The molecule has 4 rings (SSSR count). The average molecular weight is 433 g/mol. The molecule has 0 aliphatic heterocycles. The van der Waals surface area contributed by atoms with Crippen molar-refractivity contribution in [1.29, 1.82) is 0 Å². The predicted octanol–water partition coefficient (Wildman–Crippen LogP) is 4.70. The van der Waals surface area contributed by atoms with Crippen LogP contribution in [0.15, 0.2) is 54.7 Å². The number of methoxy groups -OCH3 is 1. The van der Waals surface area contributed by atoms with Crippen LogP contribution in [0.1, 0.15) is 36.8 Å². The van der Waals surface area contributed by atoms with Crippen LogP contribution in [-0.2, 0) is 18.3 Å². The van der Waals surface area contributed by atoms with Crippen molar-refractivity contribution in [2.45, 2.75) is 27.3 Å². The van der Waals surface area contributed by atoms with Crippen molar-refractivity contribution >= 4 is 16.9 Å². The van der Waals surface area contributed by atoms with Gasteiger partial charge in [0.05, 0.1) is 37.7 Å². The molecule has 0 unspecified atom stereocenters. The van der Waals surface area contributed by atoms with Gasteiger partial charge in [-0.25, -0.2) is 4.79 Å². The van der Waals surface area contributed by atoms with E-state index in [2.05, 4.69) is 37.0 Å². The van der Waals surface area contributed by atoms with Crippen LogP contribution in [-0.4, -0.2) is 39.2 Å². The Balaban J connectivity index is 1.75. The van der Waals surface area contributed by atoms with Gasteiger partial charge in [0.25, 0.3) is 0 Å². The molecule has 0 spiro atoms. The van der Waals surface area contributed by atoms with Gasteiger partial charge in [-0.3, -0.25) is 9.36 Å². The number of para-hydroxylation sites is 1. The number of carbonyl (C=O) groups is 1. The lowest BCUT2D eigenvalue weighted by Crippen LogP contribution is -2.16. The van der Waals surface area contributed by atoms with Gasteiger partial charge < -0.3 is 9.47 Å². The van der Waals surface area contributed by atoms with Crippen LogP contribution in [0.5, 0.6) is 5.75 Å². The van der Waals surface area contributed by atoms with Crippen LogP contribution in [0.4, 0.5) is 0 Å². The topological polar surface area (TPSA) is 71.2 Å². The number of rotatable bonds is 6. The van der Waals surface area contributed by atoms with Gasteiger partial charge in [0.2, 0.25) is 0 Å². The van der Waals surface area contributed by atoms with Gasteiger partial charge in [0.15, 0.2) is 5.69 Å². The highest BCUT2D eigenvalue weighted by atomic mass is 16.5. The average Bonchev–Trinajstić information content (AvgIpc) is 3.36. The maximum atomic E-state index is 12.2. The number of aromatic nitrogens is 4. The van der Waals surface area contributed by atoms with Crippen LogP contribution in [0.3, 0.4) is 0 Å². The van der Waals surface area contributed by atoms with Crippen LogP contribution in [0, 0.1) is 5.41 Å². The van der Waals surface area contributed by atoms with E-state index in [1.807, 2.05) is 59.0 Å². The van der Waals surface area contributed by atoms with Crippen molar-refractivity contribution in [1.82, 2.24) is 19.6 Å². The number of carbonyl (C=O) groups excluding carboxylic acids is 1. The second-order valence-corrected chi connectivity index (χ2v) is 9.06. The highest BCUT2D eigenvalue weighted by Crippen LogP contribution is 2.28. The Bertz CT molecular complexity index is 1260. The summed E-state index contributed by atoms with van der Waals surface area (Å²) >= 11 is 0. The molecule has 0 aliphatic carbocycles. The van der Waals surface area contributed by atoms with Gasteiger partial charge in [-0.1, -0.05) is 51.1 Å². The summed E-state index contributed by atoms with van der Waals surface area (Å²) < 4.78 is 14.6. The van der Waals surface area contributed by atoms with Gasteiger partial charge in [-0.2, -0.15) is 10.2 Å². The summed E-state index contributed by atoms with van der Waals surface area (Å²) in [7, 11) is 3.28. The van der Waals surface area contributed by atoms with Crippen molar-refractivity contribution in [2.24, 2.45) is 12.5 Å². The smallest absolute Gasteiger partial charge is 0.358 e. The summed E-state index contributed by atoms with van der Waals surface area (Å²) in [6.45, 7) is 7.48. The molecular weight excluding hydrogens is 404 g/mol. The molecule has 0 saturated heterocycles. The molecule has 0 fully saturated rings. The zero-order valence-corrected chi connectivity index (χ0v) is 19.1. The molecule has 166 valence electrons. The molecule has 0 bridgehead atoms. The second kappa shape index (κ2) is 8.49. The van der Waals surface area contributed by atoms with E-state index in [0.29, 0.717) is 13.2 Å². The van der Waals surface area contributed by atoms with Crippen molar-refractivity contribution < 1.29 is 14.3 Å². The molecule has 0 radical (unpaired) electrons. The molecule has 2 heterocycles. The molecule has 0 N–H and O–H groups in total. The molecular formula is C25H28N4O3. The van der Waals surface area contributed by atoms with Crippen LogP contribution >= 0.6 is 0 Å². The Morgan fingerprint density at radius 2 is 1.88 bits per heavy atom. The lowest BCUT2D eigenvalue weighted by atomic mass is 9.99. The number of benzene rings is 2. The first-order valence-electron chi connectivity index (χ1n) is 10.5. The molecule has 32 heavy (non-hydrogen) atoms. The fourth-order valence-electron chi connectivity index (χ4n) is 3.62. The number of esters is 1. The second-order valence-electron chi connectivity index (χ2n) is 9.06. The molecule has 2 aromatic heterocycles. The van der Waals surface area contributed by atoms with E-state index in [1.165, 1.54) is 7.11 Å². The van der Waals surface area contributed by atoms with Gasteiger partial charge in [-0.05, 0) is 29.2 Å². The minimum absolute atomic E-state index is 0.0532. The lowest BCUT2D eigenvalue weighted by molar-refractivity contribution is 0.0593. The quantitative estimate of drug-likeness (QED) is 0.413. The Morgan fingerprint density at radius 3 is 2.62 bits per heavy atom. The van der Waals surface area contributed by atoms with E-state index in [9.17, 15) is 4.79 Å². The Morgan fingerprint density at radius 1 is 1.09 bits per heavy atom. The predicted molar refractivity (Wildman–Crippen MR) is 124 cm³/mol. The van der Waals surface area contributed by atoms with E-state index in [0.717, 1.165) is 33.5 Å². The maximum absolute atomic E-state index is 12.2. The first kappa shape index (κ1) is 21.6. The Hall–Kier alpha value is -3.61. The van der Waals surface area contributed by atoms with Crippen molar-refractivity contribution in [2.75, 3.05) is 13.7 Å². The summed E-state index contributed by atoms with van der Waals surface area (Å²) in [6.07, 6.45) is 1.85. The summed E-state index contributed by atoms with van der Waals surface area (Å²) in [5, 5.41) is 9.99. The first-order chi connectivity index (χ1) is 15.2. The first-order valence-corrected chi connectivity index (χ1v) is 10.5. The molecule has 7 heteroatoms. The highest BCUT2D eigenvalue weighted by molar-refractivity contribution is 5.89. The van der Waals surface area contributed by atoms with E-state index < -0.39 is 5.97 Å². The van der Waals surface area contributed by atoms with Gasteiger partial charge in [0, 0.05) is 18.0 Å². The SMILES string of the molecule is COC(=O)c1cc(-c2cccc(OCC(C)(C)C)c2)n(Cc2cccc3cnn(C)c23)n1. The van der Waals surface area contributed by atoms with Crippen molar-refractivity contribution in [3.05, 3.63) is 66.0 Å². The molecule has 2 aromatic carbocycles. The molecule has 0 amide bonds. The number of hydrogen-bond donors (Lipinski definition) is 0. The van der Waals surface area contributed by atoms with Gasteiger partial charge >= 0.3 is 5.97 Å². The zero-order valence-electron chi connectivity index (χ0n) is 19.1. The number of ether oxygens (including phenoxy) is 2. The number of hydrogen-bond acceptors (Lipinski definition) is 5. The van der Waals surface area contributed by atoms with Crippen LogP contribution < -0.4 is 4.74 Å². The number of nitrogens with zero attached hydrogens (tertiary/aromatic N) is 4. The standard InChI is InChI=1S/C25H28N4O3/c1-25(2,3)16-32-20-11-7-8-17(12-20)22-13-21(24(30)31-5)27-29(22)15-19-10-6-9-18-14-26-28(4)23(18)19/h6-14H,15-16H2,1-5H3. The van der Waals surface area contributed by atoms with E-state index in [-0.39, 0.29) is 11.1 Å². The fraction of sp³-hybridized carbons (Fsp3) is 0.320. The van der Waals surface area contributed by atoms with E-state index in [1.54, 1.807) is 6.07 Å². The summed E-state index contributed by atoms with van der Waals surface area (Å²) in [5.41, 5.74) is 4.14. The van der Waals surface area contributed by atoms with Crippen molar-refractivity contribution in [3.63, 3.8) is 0 Å². The number of fused-ring (bicyclic) bond motifs is 1. The third-order valence-corrected chi connectivity index (χ3v) is 5.14.